The van der Waals surface area contributed by atoms with E-state index < -0.39 is 5.91 Å². The average molecular weight is 440 g/mol. The van der Waals surface area contributed by atoms with Crippen molar-refractivity contribution in [3.05, 3.63) is 70.8 Å². The van der Waals surface area contributed by atoms with Gasteiger partial charge in [-0.25, -0.2) is 5.48 Å². The number of hydroxylamine groups is 1. The molecule has 3 rings (SSSR count). The Kier molecular flexibility index (Phi) is 9.25. The van der Waals surface area contributed by atoms with Gasteiger partial charge in [0.1, 0.15) is 12.4 Å². The van der Waals surface area contributed by atoms with E-state index in [1.165, 1.54) is 22.8 Å². The van der Waals surface area contributed by atoms with Crippen LogP contribution in [0, 0.1) is 0 Å². The Morgan fingerprint density at radius 3 is 2.75 bits per heavy atom. The molecular formula is C25H33N3O4. The van der Waals surface area contributed by atoms with E-state index in [0.29, 0.717) is 13.2 Å². The van der Waals surface area contributed by atoms with E-state index in [1.54, 1.807) is 11.6 Å². The Labute approximate surface area is 189 Å². The molecule has 4 N–H and O–H groups in total. The van der Waals surface area contributed by atoms with Crippen LogP contribution in [0.25, 0.3) is 6.08 Å². The van der Waals surface area contributed by atoms with Gasteiger partial charge in [0.15, 0.2) is 0 Å². The van der Waals surface area contributed by atoms with Gasteiger partial charge in [-0.3, -0.25) is 14.9 Å². The summed E-state index contributed by atoms with van der Waals surface area (Å²) in [5, 5.41) is 21.3. The number of likely N-dealkylation sites (N-methyl/N-ethyl adjacent to an activating group) is 1. The Hall–Kier alpha value is -2.71. The topological polar surface area (TPSA) is 94.1 Å². The van der Waals surface area contributed by atoms with Gasteiger partial charge in [0, 0.05) is 31.8 Å². The van der Waals surface area contributed by atoms with Gasteiger partial charge in [0.25, 0.3) is 5.91 Å². The Balaban J connectivity index is 1.62. The first-order valence-electron chi connectivity index (χ1n) is 11.1. The van der Waals surface area contributed by atoms with Gasteiger partial charge in [0.05, 0.1) is 6.61 Å². The van der Waals surface area contributed by atoms with Crippen LogP contribution in [0.3, 0.4) is 0 Å². The van der Waals surface area contributed by atoms with Crippen LogP contribution >= 0.6 is 0 Å². The predicted molar refractivity (Wildman–Crippen MR) is 125 cm³/mol. The highest BCUT2D eigenvalue weighted by Gasteiger charge is 2.27. The van der Waals surface area contributed by atoms with Crippen molar-refractivity contribution >= 4 is 12.0 Å². The SMILES string of the molecule is CNCCOc1ccc(CCN(CCO)C2CCc3cc(C=CC(=O)NO)ccc32)cc1. The van der Waals surface area contributed by atoms with E-state index in [2.05, 4.69) is 34.5 Å². The number of carbonyl (C=O) groups excluding carboxylic acids is 1. The zero-order valence-corrected chi connectivity index (χ0v) is 18.6. The highest BCUT2D eigenvalue weighted by atomic mass is 16.5. The molecule has 172 valence electrons. The first-order valence-corrected chi connectivity index (χ1v) is 11.1. The second-order valence-corrected chi connectivity index (χ2v) is 7.93. The summed E-state index contributed by atoms with van der Waals surface area (Å²) in [6, 6.07) is 14.7. The number of nitrogens with one attached hydrogen (secondary N) is 2. The molecule has 7 nitrogen and oxygen atoms in total. The fraction of sp³-hybridized carbons (Fsp3) is 0.400. The van der Waals surface area contributed by atoms with Crippen LogP contribution in [0.15, 0.2) is 48.5 Å². The van der Waals surface area contributed by atoms with Gasteiger partial charge in [0.2, 0.25) is 0 Å². The Bertz CT molecular complexity index is 899. The predicted octanol–water partition coefficient (Wildman–Crippen LogP) is 2.33. The van der Waals surface area contributed by atoms with Crippen molar-refractivity contribution in [2.24, 2.45) is 0 Å². The summed E-state index contributed by atoms with van der Waals surface area (Å²) < 4.78 is 5.69. The number of benzene rings is 2. The molecule has 0 spiro atoms. The molecule has 0 aromatic heterocycles. The largest absolute Gasteiger partial charge is 0.492 e. The lowest BCUT2D eigenvalue weighted by atomic mass is 10.0. The highest BCUT2D eigenvalue weighted by molar-refractivity contribution is 5.90. The number of hydrogen-bond donors (Lipinski definition) is 4. The minimum Gasteiger partial charge on any atom is -0.492 e. The van der Waals surface area contributed by atoms with Crippen LogP contribution in [0.2, 0.25) is 0 Å². The van der Waals surface area contributed by atoms with E-state index in [1.807, 2.05) is 25.2 Å². The monoisotopic (exact) mass is 439 g/mol. The number of ether oxygens (including phenoxy) is 1. The zero-order chi connectivity index (χ0) is 22.8. The van der Waals surface area contributed by atoms with Crippen LogP contribution < -0.4 is 15.5 Å². The lowest BCUT2D eigenvalue weighted by Gasteiger charge is -2.29. The molecule has 0 aliphatic heterocycles. The number of hydrogen-bond acceptors (Lipinski definition) is 6. The fourth-order valence-electron chi connectivity index (χ4n) is 4.16. The molecule has 0 saturated heterocycles. The third-order valence-electron chi connectivity index (χ3n) is 5.81. The number of carbonyl (C=O) groups is 1. The summed E-state index contributed by atoms with van der Waals surface area (Å²) in [4.78, 5) is 13.6. The standard InChI is InChI=1S/C25H33N3O4/c1-26-13-17-32-22-7-2-19(3-8-22)12-14-28(15-16-29)24-10-6-21-18-20(4-9-23(21)24)5-11-25(30)27-31/h2-5,7-9,11,18,24,26,29,31H,6,10,12-17H2,1H3,(H,27,30). The molecule has 0 radical (unpaired) electrons. The maximum Gasteiger partial charge on any atom is 0.267 e. The van der Waals surface area contributed by atoms with Crippen molar-refractivity contribution in [3.63, 3.8) is 0 Å². The van der Waals surface area contributed by atoms with E-state index in [4.69, 9.17) is 9.94 Å². The van der Waals surface area contributed by atoms with Gasteiger partial charge in [-0.05, 0) is 66.8 Å². The maximum absolute atomic E-state index is 11.2. The molecule has 32 heavy (non-hydrogen) atoms. The molecule has 0 bridgehead atoms. The first kappa shape index (κ1) is 23.9. The van der Waals surface area contributed by atoms with E-state index in [9.17, 15) is 9.90 Å². The molecule has 1 aliphatic rings. The molecule has 7 heteroatoms. The van der Waals surface area contributed by atoms with Crippen molar-refractivity contribution in [1.82, 2.24) is 15.7 Å². The number of amides is 1. The van der Waals surface area contributed by atoms with Crippen LogP contribution in [0.1, 0.15) is 34.7 Å². The van der Waals surface area contributed by atoms with E-state index in [-0.39, 0.29) is 12.6 Å². The minimum absolute atomic E-state index is 0.126. The summed E-state index contributed by atoms with van der Waals surface area (Å²) in [6.07, 6.45) is 5.88. The van der Waals surface area contributed by atoms with E-state index >= 15 is 0 Å². The van der Waals surface area contributed by atoms with Crippen molar-refractivity contribution in [2.75, 3.05) is 39.9 Å². The van der Waals surface area contributed by atoms with Gasteiger partial charge < -0.3 is 15.2 Å². The van der Waals surface area contributed by atoms with Crippen LogP contribution in [0.5, 0.6) is 5.75 Å². The van der Waals surface area contributed by atoms with Crippen molar-refractivity contribution < 1.29 is 19.8 Å². The van der Waals surface area contributed by atoms with Gasteiger partial charge in [-0.1, -0.05) is 30.3 Å². The number of fused-ring (bicyclic) bond motifs is 1. The molecule has 2 aromatic rings. The third kappa shape index (κ3) is 6.64. The average Bonchev–Trinajstić information content (AvgIpc) is 3.24. The number of nitrogens with zero attached hydrogens (tertiary/aromatic N) is 1. The lowest BCUT2D eigenvalue weighted by Crippen LogP contribution is -2.32. The normalized spacial score (nSPS) is 15.3. The molecule has 0 heterocycles. The number of rotatable bonds is 12. The fourth-order valence-corrected chi connectivity index (χ4v) is 4.16. The molecule has 2 aromatic carbocycles. The molecular weight excluding hydrogens is 406 g/mol. The number of aliphatic hydroxyl groups excluding tert-OH is 1. The van der Waals surface area contributed by atoms with Crippen molar-refractivity contribution in [3.8, 4) is 5.75 Å². The Morgan fingerprint density at radius 2 is 2.03 bits per heavy atom. The Morgan fingerprint density at radius 1 is 1.22 bits per heavy atom. The summed E-state index contributed by atoms with van der Waals surface area (Å²) in [6.45, 7) is 3.08. The van der Waals surface area contributed by atoms with Gasteiger partial charge in [-0.15, -0.1) is 0 Å². The highest BCUT2D eigenvalue weighted by Crippen LogP contribution is 2.36. The third-order valence-corrected chi connectivity index (χ3v) is 5.81. The molecule has 1 unspecified atom stereocenters. The molecule has 1 aliphatic carbocycles. The summed E-state index contributed by atoms with van der Waals surface area (Å²) >= 11 is 0. The molecule has 1 amide bonds. The lowest BCUT2D eigenvalue weighted by molar-refractivity contribution is -0.124. The van der Waals surface area contributed by atoms with Gasteiger partial charge in [-0.2, -0.15) is 0 Å². The van der Waals surface area contributed by atoms with E-state index in [0.717, 1.165) is 43.7 Å². The number of aryl methyl sites for hydroxylation is 1. The summed E-state index contributed by atoms with van der Waals surface area (Å²) in [5.41, 5.74) is 6.33. The van der Waals surface area contributed by atoms with Crippen LogP contribution in [-0.4, -0.2) is 61.0 Å². The van der Waals surface area contributed by atoms with Crippen molar-refractivity contribution in [1.29, 1.82) is 0 Å². The van der Waals surface area contributed by atoms with Crippen LogP contribution in [-0.2, 0) is 17.6 Å². The van der Waals surface area contributed by atoms with Gasteiger partial charge >= 0.3 is 0 Å². The van der Waals surface area contributed by atoms with Crippen LogP contribution in [0.4, 0.5) is 0 Å². The maximum atomic E-state index is 11.2. The second-order valence-electron chi connectivity index (χ2n) is 7.93. The van der Waals surface area contributed by atoms with Crippen molar-refractivity contribution in [2.45, 2.75) is 25.3 Å². The smallest absolute Gasteiger partial charge is 0.267 e. The molecule has 1 atom stereocenters. The summed E-state index contributed by atoms with van der Waals surface area (Å²) in [7, 11) is 1.91. The second kappa shape index (κ2) is 12.4. The quantitative estimate of drug-likeness (QED) is 0.176. The zero-order valence-electron chi connectivity index (χ0n) is 18.6. The minimum atomic E-state index is -0.546. The molecule has 0 saturated carbocycles. The molecule has 0 fully saturated rings. The summed E-state index contributed by atoms with van der Waals surface area (Å²) in [5.74, 6) is 0.331. The first-order chi connectivity index (χ1) is 15.6. The number of aliphatic hydroxyl groups is 1.